The minimum Gasteiger partial charge on any atom is -0.507 e. The molecule has 168 valence electrons. The van der Waals surface area contributed by atoms with Gasteiger partial charge in [0.1, 0.15) is 11.5 Å². The maximum absolute atomic E-state index is 9.78. The first-order valence-electron chi connectivity index (χ1n) is 10.9. The van der Waals surface area contributed by atoms with Crippen LogP contribution in [0.15, 0.2) is 58.5 Å². The summed E-state index contributed by atoms with van der Waals surface area (Å²) in [6, 6.07) is 16.6. The van der Waals surface area contributed by atoms with Crippen LogP contribution in [-0.2, 0) is 4.12 Å². The Morgan fingerprint density at radius 2 is 1.10 bits per heavy atom. The fourth-order valence-electron chi connectivity index (χ4n) is 3.56. The first-order valence-corrected chi connectivity index (χ1v) is 17.2. The number of hydrogen-bond acceptors (Lipinski definition) is 5. The van der Waals surface area contributed by atoms with Crippen LogP contribution in [0.3, 0.4) is 0 Å². The highest BCUT2D eigenvalue weighted by atomic mass is 28.4. The third-order valence-corrected chi connectivity index (χ3v) is 12.6. The maximum Gasteiger partial charge on any atom is 0.173 e. The second-order valence-corrected chi connectivity index (χ2v) is 17.9. The highest BCUT2D eigenvalue weighted by molar-refractivity contribution is 6.84. The number of phenolic OH excluding ortho intramolecular Hbond substituents is 2. The highest BCUT2D eigenvalue weighted by Gasteiger charge is 2.32. The smallest absolute Gasteiger partial charge is 0.173 e. The molecule has 0 saturated heterocycles. The number of rotatable bonds is 12. The molecular weight excluding hydrogens is 420 g/mol. The van der Waals surface area contributed by atoms with Gasteiger partial charge in [0.2, 0.25) is 0 Å². The molecule has 0 fully saturated rings. The largest absolute Gasteiger partial charge is 0.507 e. The lowest BCUT2D eigenvalue weighted by Crippen LogP contribution is -2.44. The normalized spacial score (nSPS) is 12.8. The molecule has 2 aromatic rings. The molecule has 7 heteroatoms. The lowest BCUT2D eigenvalue weighted by atomic mass is 10.2. The molecule has 31 heavy (non-hydrogen) atoms. The molecule has 2 N–H and O–H groups in total. The average molecular weight is 457 g/mol. The van der Waals surface area contributed by atoms with Gasteiger partial charge in [0.25, 0.3) is 0 Å². The number of phenols is 2. The lowest BCUT2D eigenvalue weighted by molar-refractivity contribution is 0.474. The number of hydrogen-bond donors (Lipinski definition) is 2. The molecule has 0 spiro atoms. The quantitative estimate of drug-likeness (QED) is 0.239. The molecule has 0 saturated carbocycles. The van der Waals surface area contributed by atoms with Gasteiger partial charge in [-0.1, -0.05) is 24.3 Å². The number of aromatic hydroxyl groups is 2. The Bertz CT molecular complexity index is 811. The van der Waals surface area contributed by atoms with Crippen molar-refractivity contribution < 1.29 is 14.3 Å². The highest BCUT2D eigenvalue weighted by Crippen LogP contribution is 2.24. The van der Waals surface area contributed by atoms with Crippen LogP contribution in [0.1, 0.15) is 24.0 Å². The van der Waals surface area contributed by atoms with Gasteiger partial charge >= 0.3 is 0 Å². The van der Waals surface area contributed by atoms with Crippen molar-refractivity contribution in [1.82, 2.24) is 0 Å². The molecule has 0 atom stereocenters. The van der Waals surface area contributed by atoms with E-state index in [1.54, 1.807) is 24.6 Å². The Hall–Kier alpha value is -2.23. The molecule has 0 unspecified atom stereocenters. The molecule has 0 aliphatic rings. The van der Waals surface area contributed by atoms with E-state index in [1.165, 1.54) is 0 Å². The summed E-state index contributed by atoms with van der Waals surface area (Å²) in [7, 11) is -3.48. The van der Waals surface area contributed by atoms with Crippen LogP contribution in [0.4, 0.5) is 0 Å². The second kappa shape index (κ2) is 12.0. The predicted octanol–water partition coefficient (Wildman–Crippen LogP) is 5.84. The monoisotopic (exact) mass is 456 g/mol. The molecule has 0 aliphatic heterocycles. The fourth-order valence-corrected chi connectivity index (χ4v) is 12.4. The van der Waals surface area contributed by atoms with Crippen molar-refractivity contribution in [3.8, 4) is 11.5 Å². The van der Waals surface area contributed by atoms with E-state index in [2.05, 4.69) is 36.2 Å². The summed E-state index contributed by atoms with van der Waals surface area (Å²) in [6.45, 7) is 10.7. The maximum atomic E-state index is 9.78. The number of benzene rings is 2. The van der Waals surface area contributed by atoms with E-state index < -0.39 is 16.6 Å². The van der Waals surface area contributed by atoms with E-state index in [0.717, 1.165) is 49.1 Å². The Labute approximate surface area is 188 Å². The van der Waals surface area contributed by atoms with Crippen LogP contribution in [0, 0.1) is 0 Å². The standard InChI is InChI=1S/C24H36N2O3Si2/c1-30(2,17-9-15-25-19-21-11-5-7-13-23(21)27)29-31(3,4)18-10-16-26-20-22-12-6-8-14-24(22)28/h5-8,11-14,19-20,27-28H,9-10,15-18H2,1-4H3. The third kappa shape index (κ3) is 9.63. The Balaban J connectivity index is 1.70. The van der Waals surface area contributed by atoms with Gasteiger partial charge in [-0.3, -0.25) is 9.98 Å². The Morgan fingerprint density at radius 3 is 1.48 bits per heavy atom. The van der Waals surface area contributed by atoms with Crippen molar-refractivity contribution in [1.29, 1.82) is 0 Å². The number of nitrogens with zero attached hydrogens (tertiary/aromatic N) is 2. The first kappa shape index (κ1) is 25.0. The molecule has 0 aromatic heterocycles. The van der Waals surface area contributed by atoms with Crippen LogP contribution in [0.5, 0.6) is 11.5 Å². The fraction of sp³-hybridized carbons (Fsp3) is 0.417. The number of aliphatic imine (C=N–C) groups is 2. The predicted molar refractivity (Wildman–Crippen MR) is 136 cm³/mol. The zero-order valence-corrected chi connectivity index (χ0v) is 21.2. The van der Waals surface area contributed by atoms with Gasteiger partial charge in [-0.25, -0.2) is 0 Å². The molecule has 2 aromatic carbocycles. The average Bonchev–Trinajstić information content (AvgIpc) is 2.69. The van der Waals surface area contributed by atoms with Crippen LogP contribution < -0.4 is 0 Å². The van der Waals surface area contributed by atoms with Crippen molar-refractivity contribution in [3.63, 3.8) is 0 Å². The summed E-state index contributed by atoms with van der Waals surface area (Å²) in [5.41, 5.74) is 1.52. The molecule has 2 rings (SSSR count). The van der Waals surface area contributed by atoms with E-state index in [4.69, 9.17) is 4.12 Å². The van der Waals surface area contributed by atoms with Crippen molar-refractivity contribution >= 4 is 29.1 Å². The second-order valence-electron chi connectivity index (χ2n) is 9.02. The lowest BCUT2D eigenvalue weighted by Gasteiger charge is -2.34. The molecular formula is C24H36N2O3Si2. The van der Waals surface area contributed by atoms with Crippen LogP contribution >= 0.6 is 0 Å². The van der Waals surface area contributed by atoms with E-state index in [1.807, 2.05) is 36.4 Å². The first-order chi connectivity index (χ1) is 14.7. The molecule has 0 heterocycles. The molecule has 0 aliphatic carbocycles. The topological polar surface area (TPSA) is 74.4 Å². The van der Waals surface area contributed by atoms with Gasteiger partial charge in [-0.05, 0) is 75.4 Å². The summed E-state index contributed by atoms with van der Waals surface area (Å²) in [6.07, 6.45) is 5.50. The zero-order valence-electron chi connectivity index (χ0n) is 19.2. The van der Waals surface area contributed by atoms with Crippen LogP contribution in [0.25, 0.3) is 0 Å². The molecule has 0 amide bonds. The van der Waals surface area contributed by atoms with Gasteiger partial charge in [-0.15, -0.1) is 0 Å². The van der Waals surface area contributed by atoms with Crippen molar-refractivity contribution in [3.05, 3.63) is 59.7 Å². The van der Waals surface area contributed by atoms with Crippen LogP contribution in [0.2, 0.25) is 38.3 Å². The summed E-state index contributed by atoms with van der Waals surface area (Å²) in [4.78, 5) is 8.93. The van der Waals surface area contributed by atoms with E-state index in [-0.39, 0.29) is 11.5 Å². The number of para-hydroxylation sites is 2. The van der Waals surface area contributed by atoms with Gasteiger partial charge in [-0.2, -0.15) is 0 Å². The minimum absolute atomic E-state index is 0.266. The zero-order chi connectivity index (χ0) is 22.7. The summed E-state index contributed by atoms with van der Waals surface area (Å²) in [5, 5.41) is 19.6. The summed E-state index contributed by atoms with van der Waals surface area (Å²) >= 11 is 0. The van der Waals surface area contributed by atoms with Crippen molar-refractivity contribution in [2.24, 2.45) is 9.98 Å². The SMILES string of the molecule is C[Si](C)(CCCN=Cc1ccccc1O)O[Si](C)(C)CCCN=Cc1ccccc1O. The van der Waals surface area contributed by atoms with Crippen molar-refractivity contribution in [2.75, 3.05) is 13.1 Å². The Morgan fingerprint density at radius 1 is 0.710 bits per heavy atom. The van der Waals surface area contributed by atoms with Gasteiger partial charge < -0.3 is 14.3 Å². The molecule has 0 radical (unpaired) electrons. The van der Waals surface area contributed by atoms with E-state index in [9.17, 15) is 10.2 Å². The van der Waals surface area contributed by atoms with Crippen LogP contribution in [-0.4, -0.2) is 52.4 Å². The third-order valence-electron chi connectivity index (χ3n) is 5.02. The minimum atomic E-state index is -1.74. The van der Waals surface area contributed by atoms with Gasteiger partial charge in [0.15, 0.2) is 16.6 Å². The molecule has 5 nitrogen and oxygen atoms in total. The van der Waals surface area contributed by atoms with E-state index >= 15 is 0 Å². The van der Waals surface area contributed by atoms with Gasteiger partial charge in [0, 0.05) is 36.6 Å². The van der Waals surface area contributed by atoms with E-state index in [0.29, 0.717) is 0 Å². The summed E-state index contributed by atoms with van der Waals surface area (Å²) in [5.74, 6) is 0.531. The Kier molecular flexibility index (Phi) is 9.67. The molecule has 0 bridgehead atoms. The summed E-state index contributed by atoms with van der Waals surface area (Å²) < 4.78 is 6.69. The van der Waals surface area contributed by atoms with Gasteiger partial charge in [0.05, 0.1) is 0 Å². The van der Waals surface area contributed by atoms with Crippen molar-refractivity contribution in [2.45, 2.75) is 51.1 Å².